The largest absolute Gasteiger partial charge is 1.00 e. The van der Waals surface area contributed by atoms with Gasteiger partial charge in [0.05, 0.1) is 24.6 Å². The minimum Gasteiger partial charge on any atom is -1.00 e. The minimum atomic E-state index is -0.644. The third kappa shape index (κ3) is 18.9. The minimum absolute atomic E-state index is 0. The van der Waals surface area contributed by atoms with Crippen molar-refractivity contribution in [3.63, 3.8) is 0 Å². The highest BCUT2D eigenvalue weighted by Gasteiger charge is 2.33. The summed E-state index contributed by atoms with van der Waals surface area (Å²) in [5.41, 5.74) is 0. The Balaban J connectivity index is 0. The van der Waals surface area contributed by atoms with Crippen LogP contribution in [0.15, 0.2) is 0 Å². The molecule has 0 spiro atoms. The molecule has 0 radical (unpaired) electrons. The van der Waals surface area contributed by atoms with E-state index in [0.717, 1.165) is 0 Å². The lowest BCUT2D eigenvalue weighted by atomic mass is 10.1. The average molecular weight is 480 g/mol. The molecule has 0 fully saturated rings. The van der Waals surface area contributed by atoms with Crippen LogP contribution in [0.25, 0.3) is 0 Å². The molecule has 0 saturated heterocycles. The molecule has 0 nitrogen and oxygen atoms in total. The molecule has 0 aliphatic carbocycles. The summed E-state index contributed by atoms with van der Waals surface area (Å²) in [7, 11) is -0.644. The normalized spacial score (nSPS) is 11.6. The first kappa shape index (κ1) is 31.1. The molecule has 0 amide bonds. The number of halogens is 1. The van der Waals surface area contributed by atoms with Crippen molar-refractivity contribution in [3.05, 3.63) is 0 Å². The average Bonchev–Trinajstić information content (AvgIpc) is 2.69. The maximum absolute atomic E-state index is 2.54. The second kappa shape index (κ2) is 24.2. The number of hydrogen-bond donors (Lipinski definition) is 0. The fraction of sp³-hybridized carbons (Fsp3) is 1.00. The molecule has 0 saturated carbocycles. The van der Waals surface area contributed by atoms with Crippen LogP contribution in [-0.4, -0.2) is 24.6 Å². The molecule has 0 bridgehead atoms. The fourth-order valence-corrected chi connectivity index (χ4v) is 8.80. The van der Waals surface area contributed by atoms with E-state index in [9.17, 15) is 0 Å². The first-order valence-corrected chi connectivity index (χ1v) is 15.6. The number of rotatable bonds is 22. The van der Waals surface area contributed by atoms with Gasteiger partial charge in [0.1, 0.15) is 0 Å². The second-order valence-electron chi connectivity index (χ2n) is 9.13. The Bertz CT molecular complexity index is 239. The van der Waals surface area contributed by atoms with Gasteiger partial charge in [0, 0.05) is 7.26 Å². The molecule has 0 atom stereocenters. The molecule has 0 rings (SSSR count). The van der Waals surface area contributed by atoms with Gasteiger partial charge >= 0.3 is 0 Å². The van der Waals surface area contributed by atoms with Crippen molar-refractivity contribution in [2.75, 3.05) is 24.6 Å². The van der Waals surface area contributed by atoms with E-state index in [2.05, 4.69) is 27.7 Å². The smallest absolute Gasteiger partial charge is 0.0594 e. The summed E-state index contributed by atoms with van der Waals surface area (Å²) in [5.74, 6) is 0. The molecule has 0 N–H and O–H groups in total. The quantitative estimate of drug-likeness (QED) is 0.115. The van der Waals surface area contributed by atoms with E-state index in [0.29, 0.717) is 0 Å². The number of hydrogen-bond acceptors (Lipinski definition) is 0. The van der Waals surface area contributed by atoms with Crippen LogP contribution in [0.3, 0.4) is 0 Å². The Morgan fingerprint density at radius 1 is 0.357 bits per heavy atom. The molecule has 2 heteroatoms. The Kier molecular flexibility index (Phi) is 26.9. The molecule has 0 aliphatic rings. The standard InChI is InChI=1S/C26H56P.BrH/c1-5-9-12-15-18-21-24-27(8-4,25-22-19-16-13-10-6-2)26-23-20-17-14-11-7-3;/h5-26H2,1-4H3;1H/q+1;/p-1. The Hall–Kier alpha value is 0.910. The molecule has 0 heterocycles. The van der Waals surface area contributed by atoms with Crippen molar-refractivity contribution in [1.82, 2.24) is 0 Å². The van der Waals surface area contributed by atoms with Gasteiger partial charge in [-0.15, -0.1) is 0 Å². The van der Waals surface area contributed by atoms with Gasteiger partial charge in [0.25, 0.3) is 0 Å². The predicted octanol–water partition coefficient (Wildman–Crippen LogP) is 7.11. The topological polar surface area (TPSA) is 0 Å². The molecule has 0 aromatic rings. The maximum Gasteiger partial charge on any atom is 0.0594 e. The Morgan fingerprint density at radius 3 is 0.857 bits per heavy atom. The lowest BCUT2D eigenvalue weighted by Crippen LogP contribution is -3.00. The SMILES string of the molecule is CCCCCCCC[P+](CC)(CCCCCCCC)CCCCCCCC.[Br-]. The Morgan fingerprint density at radius 2 is 0.607 bits per heavy atom. The van der Waals surface area contributed by atoms with Crippen molar-refractivity contribution in [3.8, 4) is 0 Å². The first-order valence-electron chi connectivity index (χ1n) is 13.1. The zero-order valence-corrected chi connectivity index (χ0v) is 22.9. The monoisotopic (exact) mass is 478 g/mol. The van der Waals surface area contributed by atoms with Crippen LogP contribution in [-0.2, 0) is 0 Å². The Labute approximate surface area is 191 Å². The van der Waals surface area contributed by atoms with Crippen LogP contribution in [0.5, 0.6) is 0 Å². The van der Waals surface area contributed by atoms with Crippen molar-refractivity contribution < 1.29 is 17.0 Å². The van der Waals surface area contributed by atoms with E-state index < -0.39 is 7.26 Å². The molecule has 0 aromatic heterocycles. The van der Waals surface area contributed by atoms with E-state index in [-0.39, 0.29) is 17.0 Å². The molecular weight excluding hydrogens is 423 g/mol. The molecule has 28 heavy (non-hydrogen) atoms. The van der Waals surface area contributed by atoms with Crippen LogP contribution in [0.1, 0.15) is 143 Å². The summed E-state index contributed by atoms with van der Waals surface area (Å²) < 4.78 is 0. The highest BCUT2D eigenvalue weighted by Crippen LogP contribution is 2.60. The molecule has 172 valence electrons. The third-order valence-corrected chi connectivity index (χ3v) is 11.8. The van der Waals surface area contributed by atoms with Crippen LogP contribution in [0.4, 0.5) is 0 Å². The fourth-order valence-electron chi connectivity index (χ4n) is 4.49. The van der Waals surface area contributed by atoms with Gasteiger partial charge in [-0.1, -0.05) is 97.8 Å². The zero-order chi connectivity index (χ0) is 20.1. The molecule has 0 aromatic carbocycles. The van der Waals surface area contributed by atoms with E-state index >= 15 is 0 Å². The van der Waals surface area contributed by atoms with Crippen molar-refractivity contribution >= 4 is 7.26 Å². The summed E-state index contributed by atoms with van der Waals surface area (Å²) in [6.45, 7) is 9.52. The second-order valence-corrected chi connectivity index (χ2v) is 13.8. The van der Waals surface area contributed by atoms with Crippen LogP contribution in [0.2, 0.25) is 0 Å². The van der Waals surface area contributed by atoms with Crippen LogP contribution >= 0.6 is 7.26 Å². The van der Waals surface area contributed by atoms with E-state index in [1.165, 1.54) is 122 Å². The summed E-state index contributed by atoms with van der Waals surface area (Å²) in [4.78, 5) is 0. The van der Waals surface area contributed by atoms with Crippen molar-refractivity contribution in [2.45, 2.75) is 143 Å². The van der Waals surface area contributed by atoms with Crippen molar-refractivity contribution in [2.24, 2.45) is 0 Å². The summed E-state index contributed by atoms with van der Waals surface area (Å²) in [6, 6.07) is 0. The lowest BCUT2D eigenvalue weighted by molar-refractivity contribution is -0.00000622. The summed E-state index contributed by atoms with van der Waals surface area (Å²) in [5, 5.41) is 0. The lowest BCUT2D eigenvalue weighted by Gasteiger charge is -2.27. The summed E-state index contributed by atoms with van der Waals surface area (Å²) in [6.07, 6.45) is 32.9. The van der Waals surface area contributed by atoms with Gasteiger partial charge in [0.15, 0.2) is 0 Å². The third-order valence-electron chi connectivity index (χ3n) is 6.63. The van der Waals surface area contributed by atoms with E-state index in [1.807, 2.05) is 0 Å². The van der Waals surface area contributed by atoms with Gasteiger partial charge in [-0.3, -0.25) is 0 Å². The molecular formula is C26H56BrP. The zero-order valence-electron chi connectivity index (χ0n) is 20.4. The highest BCUT2D eigenvalue weighted by atomic mass is 79.9. The van der Waals surface area contributed by atoms with Gasteiger partial charge in [-0.05, 0) is 45.4 Å². The van der Waals surface area contributed by atoms with Crippen LogP contribution in [0, 0.1) is 0 Å². The van der Waals surface area contributed by atoms with Gasteiger partial charge < -0.3 is 17.0 Å². The predicted molar refractivity (Wildman–Crippen MR) is 132 cm³/mol. The van der Waals surface area contributed by atoms with Crippen LogP contribution < -0.4 is 17.0 Å². The van der Waals surface area contributed by atoms with Crippen molar-refractivity contribution in [1.29, 1.82) is 0 Å². The molecule has 0 aliphatic heterocycles. The highest BCUT2D eigenvalue weighted by molar-refractivity contribution is 7.75. The van der Waals surface area contributed by atoms with E-state index in [1.54, 1.807) is 18.5 Å². The first-order chi connectivity index (χ1) is 13.2. The molecule has 0 unspecified atom stereocenters. The van der Waals surface area contributed by atoms with E-state index in [4.69, 9.17) is 0 Å². The van der Waals surface area contributed by atoms with Gasteiger partial charge in [-0.2, -0.15) is 0 Å². The number of unbranched alkanes of at least 4 members (excludes halogenated alkanes) is 15. The van der Waals surface area contributed by atoms with Gasteiger partial charge in [0.2, 0.25) is 0 Å². The summed E-state index contributed by atoms with van der Waals surface area (Å²) >= 11 is 0. The van der Waals surface area contributed by atoms with Gasteiger partial charge in [-0.25, -0.2) is 0 Å². The maximum atomic E-state index is 2.54.